The molecule has 2 bridgehead atoms. The topological polar surface area (TPSA) is 137 Å². The maximum absolute atomic E-state index is 13.5. The Morgan fingerprint density at radius 3 is 2.30 bits per heavy atom. The third-order valence-corrected chi connectivity index (χ3v) is 11.2. The van der Waals surface area contributed by atoms with Crippen LogP contribution in [0.5, 0.6) is 0 Å². The summed E-state index contributed by atoms with van der Waals surface area (Å²) in [7, 11) is 0. The number of oxime groups is 1. The molecule has 0 radical (unpaired) electrons. The van der Waals surface area contributed by atoms with Gasteiger partial charge in [-0.3, -0.25) is 14.4 Å². The summed E-state index contributed by atoms with van der Waals surface area (Å²) in [5.74, 6) is -0.494. The van der Waals surface area contributed by atoms with Crippen molar-refractivity contribution >= 4 is 47.0 Å². The number of carbonyl (C=O) groups is 3. The highest BCUT2D eigenvalue weighted by Crippen LogP contribution is 2.59. The van der Waals surface area contributed by atoms with Crippen LogP contribution in [0, 0.1) is 5.92 Å². The first-order chi connectivity index (χ1) is 19.4. The van der Waals surface area contributed by atoms with Gasteiger partial charge >= 0.3 is 5.97 Å². The van der Waals surface area contributed by atoms with E-state index in [9.17, 15) is 24.7 Å². The molecule has 1 saturated carbocycles. The molecular formula is C29H33N3O6S2. The van der Waals surface area contributed by atoms with Crippen molar-refractivity contribution in [3.63, 3.8) is 0 Å². The predicted octanol–water partition coefficient (Wildman–Crippen LogP) is 3.11. The first-order valence-corrected chi connectivity index (χ1v) is 15.5. The van der Waals surface area contributed by atoms with Crippen molar-refractivity contribution < 1.29 is 29.4 Å². The van der Waals surface area contributed by atoms with E-state index in [1.54, 1.807) is 67.2 Å². The number of benzene rings is 2. The van der Waals surface area contributed by atoms with Crippen LogP contribution in [0.25, 0.3) is 0 Å². The van der Waals surface area contributed by atoms with E-state index in [2.05, 4.69) is 15.8 Å². The van der Waals surface area contributed by atoms with E-state index in [1.165, 1.54) is 11.8 Å². The quantitative estimate of drug-likeness (QED) is 0.201. The molecule has 1 aliphatic carbocycles. The van der Waals surface area contributed by atoms with Crippen LogP contribution in [-0.2, 0) is 9.53 Å². The molecule has 11 heteroatoms. The molecule has 40 heavy (non-hydrogen) atoms. The molecule has 2 aromatic carbocycles. The van der Waals surface area contributed by atoms with Gasteiger partial charge in [0.2, 0.25) is 0 Å². The number of aliphatic hydroxyl groups is 1. The Kier molecular flexibility index (Phi) is 8.44. The Balaban J connectivity index is 1.50. The molecule has 3 fully saturated rings. The van der Waals surface area contributed by atoms with E-state index in [-0.39, 0.29) is 35.2 Å². The second-order valence-electron chi connectivity index (χ2n) is 10.3. The molecule has 5 rings (SSSR count). The van der Waals surface area contributed by atoms with Crippen molar-refractivity contribution in [2.75, 3.05) is 18.1 Å². The van der Waals surface area contributed by atoms with Gasteiger partial charge < -0.3 is 25.7 Å². The normalized spacial score (nSPS) is 31.4. The van der Waals surface area contributed by atoms with Gasteiger partial charge in [-0.15, -0.1) is 11.8 Å². The number of rotatable bonds is 9. The van der Waals surface area contributed by atoms with E-state index in [1.807, 2.05) is 12.1 Å². The highest BCUT2D eigenvalue weighted by molar-refractivity contribution is 8.02. The van der Waals surface area contributed by atoms with Crippen molar-refractivity contribution in [2.45, 2.75) is 53.9 Å². The minimum atomic E-state index is -1.66. The second kappa shape index (κ2) is 11.8. The second-order valence-corrected chi connectivity index (χ2v) is 12.6. The van der Waals surface area contributed by atoms with Crippen LogP contribution >= 0.6 is 23.5 Å². The molecule has 0 aromatic heterocycles. The Morgan fingerprint density at radius 2 is 1.68 bits per heavy atom. The van der Waals surface area contributed by atoms with Gasteiger partial charge in [0, 0.05) is 34.3 Å². The summed E-state index contributed by atoms with van der Waals surface area (Å²) >= 11 is 3.07. The number of nitrogens with one attached hydrogen (secondary N) is 2. The number of hydrogen-bond acceptors (Lipinski definition) is 9. The highest BCUT2D eigenvalue weighted by atomic mass is 32.2. The predicted molar refractivity (Wildman–Crippen MR) is 155 cm³/mol. The van der Waals surface area contributed by atoms with Crippen molar-refractivity contribution in [2.24, 2.45) is 11.1 Å². The van der Waals surface area contributed by atoms with Gasteiger partial charge in [-0.05, 0) is 49.9 Å². The minimum absolute atomic E-state index is 0.164. The standard InChI is InChI=1S/C29H33N3O6S2/c1-2-38-22(33)15-9-14-20-23-24(32-37)28(17-40-23,31-27(35)19-12-7-4-8-13-19)29(36)21(16-39-25(20)29)30-26(34)18-10-5-3-6-11-18/h3-8,10-13,20-21,23,25,36-37H,2,9,14-17H2,1H3,(H,30,34)(H,31,35). The molecule has 2 amide bonds. The van der Waals surface area contributed by atoms with Crippen LogP contribution in [-0.4, -0.2) is 79.6 Å². The Labute approximate surface area is 241 Å². The Bertz CT molecular complexity index is 1280. The van der Waals surface area contributed by atoms with Crippen molar-refractivity contribution in [3.05, 3.63) is 71.8 Å². The number of ether oxygens (including phenoxy) is 1. The summed E-state index contributed by atoms with van der Waals surface area (Å²) in [6, 6.07) is 16.7. The molecule has 6 unspecified atom stereocenters. The average molecular weight is 584 g/mol. The third-order valence-electron chi connectivity index (χ3n) is 8.09. The smallest absolute Gasteiger partial charge is 0.305 e. The van der Waals surface area contributed by atoms with Gasteiger partial charge in [0.1, 0.15) is 11.1 Å². The number of hydrogen-bond donors (Lipinski definition) is 4. The van der Waals surface area contributed by atoms with Crippen molar-refractivity contribution in [3.8, 4) is 0 Å². The lowest BCUT2D eigenvalue weighted by atomic mass is 9.61. The van der Waals surface area contributed by atoms with Crippen LogP contribution in [0.1, 0.15) is 46.9 Å². The third kappa shape index (κ3) is 4.88. The van der Waals surface area contributed by atoms with Gasteiger partial charge in [0.15, 0.2) is 0 Å². The molecular weight excluding hydrogens is 550 g/mol. The van der Waals surface area contributed by atoms with E-state index in [0.29, 0.717) is 42.0 Å². The molecule has 3 aliphatic rings. The number of fused-ring (bicyclic) bond motifs is 4. The lowest BCUT2D eigenvalue weighted by molar-refractivity contribution is -0.143. The monoisotopic (exact) mass is 583 g/mol. The van der Waals surface area contributed by atoms with Gasteiger partial charge in [0.25, 0.3) is 11.8 Å². The maximum atomic E-state index is 13.5. The summed E-state index contributed by atoms with van der Waals surface area (Å²) in [6.45, 7) is 2.08. The zero-order valence-corrected chi connectivity index (χ0v) is 23.7. The maximum Gasteiger partial charge on any atom is 0.305 e. The average Bonchev–Trinajstić information content (AvgIpc) is 3.48. The van der Waals surface area contributed by atoms with Crippen LogP contribution in [0.15, 0.2) is 65.8 Å². The summed E-state index contributed by atoms with van der Waals surface area (Å²) in [4.78, 5) is 38.8. The van der Waals surface area contributed by atoms with E-state index in [0.717, 1.165) is 0 Å². The molecule has 6 atom stereocenters. The fourth-order valence-corrected chi connectivity index (χ4v) is 10.1. The molecule has 2 saturated heterocycles. The Hall–Kier alpha value is -3.02. The van der Waals surface area contributed by atoms with Crippen molar-refractivity contribution in [1.82, 2.24) is 10.6 Å². The van der Waals surface area contributed by atoms with E-state index < -0.39 is 28.3 Å². The summed E-state index contributed by atoms with van der Waals surface area (Å²) < 4.78 is 5.09. The number of carbonyl (C=O) groups excluding carboxylic acids is 3. The first kappa shape index (κ1) is 28.5. The first-order valence-electron chi connectivity index (χ1n) is 13.4. The molecule has 4 N–H and O–H groups in total. The summed E-state index contributed by atoms with van der Waals surface area (Å²) in [6.07, 6.45) is 1.36. The van der Waals surface area contributed by atoms with E-state index in [4.69, 9.17) is 4.74 Å². The van der Waals surface area contributed by atoms with Crippen molar-refractivity contribution in [1.29, 1.82) is 0 Å². The van der Waals surface area contributed by atoms with Gasteiger partial charge in [-0.2, -0.15) is 11.8 Å². The fraction of sp³-hybridized carbons (Fsp3) is 0.448. The van der Waals surface area contributed by atoms with Gasteiger partial charge in [0.05, 0.1) is 23.6 Å². The SMILES string of the molecule is CCOC(=O)CCCC1C2SCC(NC(=O)c3ccccc3)(C2=NO)C2(O)C(NC(=O)c3ccccc3)CSC12. The van der Waals surface area contributed by atoms with Gasteiger partial charge in [-0.1, -0.05) is 41.6 Å². The molecule has 2 aromatic rings. The zero-order valence-electron chi connectivity index (χ0n) is 22.1. The lowest BCUT2D eigenvalue weighted by Gasteiger charge is -2.53. The molecule has 9 nitrogen and oxygen atoms in total. The summed E-state index contributed by atoms with van der Waals surface area (Å²) in [5.41, 5.74) is -1.91. The molecule has 0 spiro atoms. The zero-order chi connectivity index (χ0) is 28.3. The van der Waals surface area contributed by atoms with Crippen LogP contribution < -0.4 is 10.6 Å². The number of esters is 1. The molecule has 212 valence electrons. The van der Waals surface area contributed by atoms with Crippen LogP contribution in [0.3, 0.4) is 0 Å². The minimum Gasteiger partial charge on any atom is -0.466 e. The van der Waals surface area contributed by atoms with Crippen LogP contribution in [0.2, 0.25) is 0 Å². The fourth-order valence-electron chi connectivity index (χ4n) is 6.26. The van der Waals surface area contributed by atoms with Crippen LogP contribution in [0.4, 0.5) is 0 Å². The molecule has 2 heterocycles. The number of amides is 2. The Morgan fingerprint density at radius 1 is 1.02 bits per heavy atom. The number of nitrogens with zero attached hydrogens (tertiary/aromatic N) is 1. The van der Waals surface area contributed by atoms with Gasteiger partial charge in [-0.25, -0.2) is 0 Å². The largest absolute Gasteiger partial charge is 0.466 e. The summed E-state index contributed by atoms with van der Waals surface area (Å²) in [5, 5.41) is 32.3. The lowest BCUT2D eigenvalue weighted by Crippen LogP contribution is -2.80. The van der Waals surface area contributed by atoms with E-state index >= 15 is 0 Å². The highest BCUT2D eigenvalue weighted by Gasteiger charge is 2.75. The number of thioether (sulfide) groups is 2. The molecule has 2 aliphatic heterocycles.